The van der Waals surface area contributed by atoms with E-state index in [-0.39, 0.29) is 18.0 Å². The van der Waals surface area contributed by atoms with Crippen molar-refractivity contribution in [1.82, 2.24) is 4.90 Å². The molecule has 2 aromatic rings. The largest absolute Gasteiger partial charge is 0.497 e. The third-order valence-corrected chi connectivity index (χ3v) is 4.75. The molecule has 0 saturated carbocycles. The van der Waals surface area contributed by atoms with Gasteiger partial charge in [-0.1, -0.05) is 42.5 Å². The Labute approximate surface area is 147 Å². The van der Waals surface area contributed by atoms with Gasteiger partial charge in [-0.25, -0.2) is 0 Å². The summed E-state index contributed by atoms with van der Waals surface area (Å²) in [6.45, 7) is 1.96. The summed E-state index contributed by atoms with van der Waals surface area (Å²) in [5.41, 5.74) is 1.91. The van der Waals surface area contributed by atoms with Gasteiger partial charge in [0.1, 0.15) is 5.75 Å². The Balaban J connectivity index is 1.92. The molecular formula is C20H21NO4. The van der Waals surface area contributed by atoms with Crippen molar-refractivity contribution in [2.75, 3.05) is 14.2 Å². The van der Waals surface area contributed by atoms with Crippen molar-refractivity contribution in [2.24, 2.45) is 5.92 Å². The lowest BCUT2D eigenvalue weighted by Crippen LogP contribution is -2.58. The van der Waals surface area contributed by atoms with Crippen molar-refractivity contribution in [1.29, 1.82) is 0 Å². The summed E-state index contributed by atoms with van der Waals surface area (Å²) in [7, 11) is 2.93. The fourth-order valence-corrected chi connectivity index (χ4v) is 3.35. The minimum absolute atomic E-state index is 0.162. The van der Waals surface area contributed by atoms with Gasteiger partial charge in [0.15, 0.2) is 5.92 Å². The van der Waals surface area contributed by atoms with Crippen LogP contribution in [-0.4, -0.2) is 31.0 Å². The van der Waals surface area contributed by atoms with E-state index in [2.05, 4.69) is 0 Å². The second kappa shape index (κ2) is 6.97. The predicted molar refractivity (Wildman–Crippen MR) is 92.9 cm³/mol. The van der Waals surface area contributed by atoms with Gasteiger partial charge >= 0.3 is 5.97 Å². The molecular weight excluding hydrogens is 318 g/mol. The van der Waals surface area contributed by atoms with Crippen LogP contribution < -0.4 is 4.74 Å². The minimum Gasteiger partial charge on any atom is -0.497 e. The van der Waals surface area contributed by atoms with Gasteiger partial charge in [-0.2, -0.15) is 0 Å². The number of carbonyl (C=O) groups is 2. The topological polar surface area (TPSA) is 55.8 Å². The van der Waals surface area contributed by atoms with Crippen LogP contribution in [0.4, 0.5) is 0 Å². The average molecular weight is 339 g/mol. The highest BCUT2D eigenvalue weighted by molar-refractivity contribution is 6.04. The molecule has 0 aromatic heterocycles. The molecule has 5 nitrogen and oxygen atoms in total. The molecule has 1 amide bonds. The molecule has 25 heavy (non-hydrogen) atoms. The van der Waals surface area contributed by atoms with Crippen LogP contribution in [0.1, 0.15) is 30.1 Å². The maximum Gasteiger partial charge on any atom is 0.320 e. The summed E-state index contributed by atoms with van der Waals surface area (Å²) < 4.78 is 10.0. The summed E-state index contributed by atoms with van der Waals surface area (Å²) in [4.78, 5) is 26.5. The molecule has 3 atom stereocenters. The second-order valence-corrected chi connectivity index (χ2v) is 6.05. The van der Waals surface area contributed by atoms with Crippen LogP contribution in [0.25, 0.3) is 0 Å². The van der Waals surface area contributed by atoms with Gasteiger partial charge in [0.05, 0.1) is 26.3 Å². The van der Waals surface area contributed by atoms with Gasteiger partial charge in [-0.15, -0.1) is 0 Å². The van der Waals surface area contributed by atoms with Crippen LogP contribution >= 0.6 is 0 Å². The van der Waals surface area contributed by atoms with Crippen molar-refractivity contribution >= 4 is 11.9 Å². The Hall–Kier alpha value is -2.82. The molecule has 1 heterocycles. The molecule has 1 aliphatic rings. The molecule has 0 bridgehead atoms. The van der Waals surface area contributed by atoms with Gasteiger partial charge in [0.25, 0.3) is 0 Å². The lowest BCUT2D eigenvalue weighted by Gasteiger charge is -2.49. The van der Waals surface area contributed by atoms with E-state index in [1.807, 2.05) is 61.5 Å². The zero-order valence-electron chi connectivity index (χ0n) is 14.5. The van der Waals surface area contributed by atoms with Gasteiger partial charge in [0.2, 0.25) is 5.91 Å². The van der Waals surface area contributed by atoms with E-state index in [4.69, 9.17) is 9.47 Å². The van der Waals surface area contributed by atoms with Crippen LogP contribution in [0.2, 0.25) is 0 Å². The fourth-order valence-electron chi connectivity index (χ4n) is 3.35. The van der Waals surface area contributed by atoms with Crippen LogP contribution in [-0.2, 0) is 14.3 Å². The second-order valence-electron chi connectivity index (χ2n) is 6.05. The zero-order valence-corrected chi connectivity index (χ0v) is 14.5. The SMILES string of the molecule is COC(=O)[C@@H]1C(=O)N([C@@H](C)c2ccc(OC)cc2)[C@@H]1c1ccccc1. The van der Waals surface area contributed by atoms with Crippen LogP contribution in [0.3, 0.4) is 0 Å². The molecule has 1 aliphatic heterocycles. The highest BCUT2D eigenvalue weighted by atomic mass is 16.5. The zero-order chi connectivity index (χ0) is 18.0. The van der Waals surface area contributed by atoms with E-state index < -0.39 is 11.9 Å². The molecule has 3 rings (SSSR count). The Morgan fingerprint density at radius 3 is 2.24 bits per heavy atom. The summed E-state index contributed by atoms with van der Waals surface area (Å²) in [6.07, 6.45) is 0. The molecule has 2 aromatic carbocycles. The van der Waals surface area contributed by atoms with Crippen molar-refractivity contribution in [3.63, 3.8) is 0 Å². The van der Waals surface area contributed by atoms with Crippen LogP contribution in [0.15, 0.2) is 54.6 Å². The van der Waals surface area contributed by atoms with Gasteiger partial charge in [-0.3, -0.25) is 9.59 Å². The van der Waals surface area contributed by atoms with Gasteiger partial charge < -0.3 is 14.4 Å². The van der Waals surface area contributed by atoms with Crippen LogP contribution in [0.5, 0.6) is 5.75 Å². The van der Waals surface area contributed by atoms with E-state index in [1.54, 1.807) is 12.0 Å². The number of methoxy groups -OCH3 is 2. The normalized spacial score (nSPS) is 20.6. The lowest BCUT2D eigenvalue weighted by atomic mass is 9.80. The summed E-state index contributed by atoms with van der Waals surface area (Å²) in [6, 6.07) is 16.7. The van der Waals surface area contributed by atoms with Crippen LogP contribution in [0, 0.1) is 5.92 Å². The van der Waals surface area contributed by atoms with Crippen molar-refractivity contribution < 1.29 is 19.1 Å². The molecule has 0 N–H and O–H groups in total. The Morgan fingerprint density at radius 2 is 1.68 bits per heavy atom. The van der Waals surface area contributed by atoms with E-state index in [0.29, 0.717) is 0 Å². The molecule has 5 heteroatoms. The van der Waals surface area contributed by atoms with Crippen molar-refractivity contribution in [3.8, 4) is 5.75 Å². The monoisotopic (exact) mass is 339 g/mol. The Bertz CT molecular complexity index is 757. The number of carbonyl (C=O) groups excluding carboxylic acids is 2. The van der Waals surface area contributed by atoms with E-state index in [1.165, 1.54) is 7.11 Å². The number of amides is 1. The number of rotatable bonds is 5. The molecule has 0 unspecified atom stereocenters. The fraction of sp³-hybridized carbons (Fsp3) is 0.300. The number of esters is 1. The van der Waals surface area contributed by atoms with E-state index >= 15 is 0 Å². The highest BCUT2D eigenvalue weighted by Crippen LogP contribution is 2.46. The number of β-lactam (4-membered cyclic amide) rings is 1. The summed E-state index contributed by atoms with van der Waals surface area (Å²) >= 11 is 0. The maximum absolute atomic E-state index is 12.7. The van der Waals surface area contributed by atoms with E-state index in [0.717, 1.165) is 16.9 Å². The first-order valence-electron chi connectivity index (χ1n) is 8.17. The first-order chi connectivity index (χ1) is 12.1. The number of ether oxygens (including phenoxy) is 2. The highest BCUT2D eigenvalue weighted by Gasteiger charge is 2.54. The Morgan fingerprint density at radius 1 is 1.04 bits per heavy atom. The first-order valence-corrected chi connectivity index (χ1v) is 8.17. The quantitative estimate of drug-likeness (QED) is 0.477. The number of hydrogen-bond donors (Lipinski definition) is 0. The number of hydrogen-bond acceptors (Lipinski definition) is 4. The number of nitrogens with zero attached hydrogens (tertiary/aromatic N) is 1. The molecule has 1 saturated heterocycles. The molecule has 0 spiro atoms. The Kier molecular flexibility index (Phi) is 4.74. The summed E-state index contributed by atoms with van der Waals surface area (Å²) in [5, 5.41) is 0. The number of benzene rings is 2. The van der Waals surface area contributed by atoms with E-state index in [9.17, 15) is 9.59 Å². The third-order valence-electron chi connectivity index (χ3n) is 4.75. The van der Waals surface area contributed by atoms with Crippen molar-refractivity contribution in [3.05, 3.63) is 65.7 Å². The predicted octanol–water partition coefficient (Wildman–Crippen LogP) is 3.13. The molecule has 130 valence electrons. The smallest absolute Gasteiger partial charge is 0.320 e. The minimum atomic E-state index is -0.784. The standard InChI is InChI=1S/C20H21NO4/c1-13(14-9-11-16(24-2)12-10-14)21-18(15-7-5-4-6-8-15)17(19(21)22)20(23)25-3/h4-13,17-18H,1-3H3/t13-,17-,18+/m0/s1. The summed E-state index contributed by atoms with van der Waals surface area (Å²) in [5.74, 6) is -0.716. The van der Waals surface area contributed by atoms with Gasteiger partial charge in [0, 0.05) is 0 Å². The maximum atomic E-state index is 12.7. The number of likely N-dealkylation sites (tertiary alicyclic amines) is 1. The third kappa shape index (κ3) is 2.97. The lowest BCUT2D eigenvalue weighted by molar-refractivity contribution is -0.175. The molecule has 0 aliphatic carbocycles. The first kappa shape index (κ1) is 17.0. The average Bonchev–Trinajstić information content (AvgIpc) is 2.66. The molecule has 1 fully saturated rings. The molecule has 0 radical (unpaired) electrons. The van der Waals surface area contributed by atoms with Gasteiger partial charge in [-0.05, 0) is 30.2 Å². The van der Waals surface area contributed by atoms with Crippen molar-refractivity contribution in [2.45, 2.75) is 19.0 Å².